The number of carbonyl (C=O) groups is 1. The summed E-state index contributed by atoms with van der Waals surface area (Å²) in [6.45, 7) is 3.01. The number of nitrogens with zero attached hydrogens (tertiary/aromatic N) is 3. The summed E-state index contributed by atoms with van der Waals surface area (Å²) >= 11 is 6.29. The Balaban J connectivity index is 1.48. The first-order valence-corrected chi connectivity index (χ1v) is 9.38. The molecule has 6 heteroatoms. The van der Waals surface area contributed by atoms with Crippen molar-refractivity contribution in [3.05, 3.63) is 59.2 Å². The molecule has 140 valence electrons. The molecule has 4 rings (SSSR count). The number of anilines is 1. The second-order valence-corrected chi connectivity index (χ2v) is 7.15. The minimum absolute atomic E-state index is 0.0548. The van der Waals surface area contributed by atoms with E-state index in [1.807, 2.05) is 52.9 Å². The van der Waals surface area contributed by atoms with E-state index in [4.69, 9.17) is 16.3 Å². The molecular weight excluding hydrogens is 362 g/mol. The van der Waals surface area contributed by atoms with Gasteiger partial charge in [0, 0.05) is 54.8 Å². The molecule has 1 aliphatic rings. The average molecular weight is 384 g/mol. The van der Waals surface area contributed by atoms with Crippen LogP contribution in [-0.2, 0) is 7.05 Å². The summed E-state index contributed by atoms with van der Waals surface area (Å²) in [5.41, 5.74) is 2.80. The number of aryl methyl sites for hydroxylation is 1. The molecule has 0 atom stereocenters. The quantitative estimate of drug-likeness (QED) is 0.690. The van der Waals surface area contributed by atoms with Crippen molar-refractivity contribution in [1.82, 2.24) is 9.47 Å². The maximum Gasteiger partial charge on any atom is 0.270 e. The van der Waals surface area contributed by atoms with Gasteiger partial charge in [-0.1, -0.05) is 17.7 Å². The van der Waals surface area contributed by atoms with E-state index in [0.29, 0.717) is 23.8 Å². The largest absolute Gasteiger partial charge is 0.497 e. The Morgan fingerprint density at radius 1 is 1.04 bits per heavy atom. The third-order valence-corrected chi connectivity index (χ3v) is 5.59. The third kappa shape index (κ3) is 3.23. The molecule has 3 aromatic rings. The summed E-state index contributed by atoms with van der Waals surface area (Å²) in [5.74, 6) is 0.904. The van der Waals surface area contributed by atoms with Crippen LogP contribution >= 0.6 is 11.6 Å². The van der Waals surface area contributed by atoms with Crippen molar-refractivity contribution in [1.29, 1.82) is 0 Å². The Hall–Kier alpha value is -2.66. The highest BCUT2D eigenvalue weighted by molar-refractivity contribution is 6.35. The third-order valence-electron chi connectivity index (χ3n) is 5.26. The van der Waals surface area contributed by atoms with Crippen molar-refractivity contribution >= 4 is 34.1 Å². The van der Waals surface area contributed by atoms with Gasteiger partial charge in [0.1, 0.15) is 11.4 Å². The van der Waals surface area contributed by atoms with Crippen molar-refractivity contribution in [3.8, 4) is 5.75 Å². The second kappa shape index (κ2) is 7.16. The van der Waals surface area contributed by atoms with Gasteiger partial charge in [-0.15, -0.1) is 0 Å². The number of rotatable bonds is 3. The molecule has 0 spiro atoms. The number of fused-ring (bicyclic) bond motifs is 1. The SMILES string of the molecule is COc1ccc(N2CCN(C(=O)c3cc4c(Cl)cccc4n3C)CC2)cc1. The number of aromatic nitrogens is 1. The van der Waals surface area contributed by atoms with E-state index in [0.717, 1.165) is 35.4 Å². The molecule has 0 saturated carbocycles. The minimum Gasteiger partial charge on any atom is -0.497 e. The van der Waals surface area contributed by atoms with Gasteiger partial charge in [0.15, 0.2) is 0 Å². The smallest absolute Gasteiger partial charge is 0.270 e. The summed E-state index contributed by atoms with van der Waals surface area (Å²) < 4.78 is 7.15. The van der Waals surface area contributed by atoms with E-state index in [1.54, 1.807) is 7.11 Å². The molecule has 1 saturated heterocycles. The van der Waals surface area contributed by atoms with Crippen LogP contribution in [0.4, 0.5) is 5.69 Å². The molecule has 1 amide bonds. The Bertz CT molecular complexity index is 973. The number of amides is 1. The first-order valence-electron chi connectivity index (χ1n) is 9.00. The second-order valence-electron chi connectivity index (χ2n) is 6.74. The average Bonchev–Trinajstić information content (AvgIpc) is 3.06. The van der Waals surface area contributed by atoms with Crippen molar-refractivity contribution in [2.45, 2.75) is 0 Å². The molecule has 5 nitrogen and oxygen atoms in total. The highest BCUT2D eigenvalue weighted by Crippen LogP contribution is 2.27. The lowest BCUT2D eigenvalue weighted by atomic mass is 10.2. The number of halogens is 1. The lowest BCUT2D eigenvalue weighted by molar-refractivity contribution is 0.0737. The number of piperazine rings is 1. The molecular formula is C21H22ClN3O2. The number of ether oxygens (including phenoxy) is 1. The van der Waals surface area contributed by atoms with E-state index in [-0.39, 0.29) is 5.91 Å². The van der Waals surface area contributed by atoms with Crippen LogP contribution in [0.2, 0.25) is 5.02 Å². The van der Waals surface area contributed by atoms with E-state index in [2.05, 4.69) is 17.0 Å². The van der Waals surface area contributed by atoms with E-state index >= 15 is 0 Å². The summed E-state index contributed by atoms with van der Waals surface area (Å²) in [4.78, 5) is 17.3. The van der Waals surface area contributed by atoms with E-state index in [1.165, 1.54) is 0 Å². The monoisotopic (exact) mass is 383 g/mol. The lowest BCUT2D eigenvalue weighted by Gasteiger charge is -2.36. The van der Waals surface area contributed by atoms with Crippen LogP contribution in [0.25, 0.3) is 10.9 Å². The fourth-order valence-electron chi connectivity index (χ4n) is 3.65. The van der Waals surface area contributed by atoms with Gasteiger partial charge in [0.05, 0.1) is 7.11 Å². The number of methoxy groups -OCH3 is 1. The maximum absolute atomic E-state index is 13.1. The van der Waals surface area contributed by atoms with Crippen molar-refractivity contribution in [2.75, 3.05) is 38.2 Å². The van der Waals surface area contributed by atoms with Crippen LogP contribution in [-0.4, -0.2) is 48.7 Å². The molecule has 0 aliphatic carbocycles. The molecule has 1 aliphatic heterocycles. The van der Waals surface area contributed by atoms with Crippen LogP contribution in [0.3, 0.4) is 0 Å². The van der Waals surface area contributed by atoms with Crippen LogP contribution in [0.15, 0.2) is 48.5 Å². The molecule has 1 aromatic heterocycles. The van der Waals surface area contributed by atoms with Crippen molar-refractivity contribution < 1.29 is 9.53 Å². The van der Waals surface area contributed by atoms with Gasteiger partial charge in [0.25, 0.3) is 5.91 Å². The van der Waals surface area contributed by atoms with E-state index < -0.39 is 0 Å². The van der Waals surface area contributed by atoms with Gasteiger partial charge in [-0.3, -0.25) is 4.79 Å². The molecule has 0 radical (unpaired) electrons. The zero-order valence-electron chi connectivity index (χ0n) is 15.5. The maximum atomic E-state index is 13.1. The molecule has 1 fully saturated rings. The normalized spacial score (nSPS) is 14.6. The van der Waals surface area contributed by atoms with Gasteiger partial charge < -0.3 is 19.1 Å². The topological polar surface area (TPSA) is 37.7 Å². The molecule has 0 bridgehead atoms. The van der Waals surface area contributed by atoms with Gasteiger partial charge in [-0.2, -0.15) is 0 Å². The fraction of sp³-hybridized carbons (Fsp3) is 0.286. The van der Waals surface area contributed by atoms with Crippen LogP contribution in [0, 0.1) is 0 Å². The molecule has 27 heavy (non-hydrogen) atoms. The summed E-state index contributed by atoms with van der Waals surface area (Å²) in [5, 5.41) is 1.59. The molecule has 0 unspecified atom stereocenters. The number of benzene rings is 2. The van der Waals surface area contributed by atoms with Crippen molar-refractivity contribution in [2.24, 2.45) is 7.05 Å². The van der Waals surface area contributed by atoms with Gasteiger partial charge in [-0.05, 0) is 42.5 Å². The molecule has 2 aromatic carbocycles. The Morgan fingerprint density at radius 3 is 2.37 bits per heavy atom. The summed E-state index contributed by atoms with van der Waals surface area (Å²) in [6, 6.07) is 15.7. The zero-order chi connectivity index (χ0) is 19.0. The molecule has 0 N–H and O–H groups in total. The Morgan fingerprint density at radius 2 is 1.74 bits per heavy atom. The highest BCUT2D eigenvalue weighted by atomic mass is 35.5. The van der Waals surface area contributed by atoms with E-state index in [9.17, 15) is 4.79 Å². The standard InChI is InChI=1S/C21H22ClN3O2/c1-23-19-5-3-4-18(22)17(19)14-20(23)21(26)25-12-10-24(11-13-25)15-6-8-16(27-2)9-7-15/h3-9,14H,10-13H2,1-2H3. The number of hydrogen-bond donors (Lipinski definition) is 0. The van der Waals surface area contributed by atoms with Crippen LogP contribution in [0.5, 0.6) is 5.75 Å². The summed E-state index contributed by atoms with van der Waals surface area (Å²) in [7, 11) is 3.58. The van der Waals surface area contributed by atoms with Gasteiger partial charge >= 0.3 is 0 Å². The number of carbonyl (C=O) groups excluding carboxylic acids is 1. The zero-order valence-corrected chi connectivity index (χ0v) is 16.2. The Kier molecular flexibility index (Phi) is 4.70. The lowest BCUT2D eigenvalue weighted by Crippen LogP contribution is -2.49. The predicted octanol–water partition coefficient (Wildman–Crippen LogP) is 3.80. The first kappa shape index (κ1) is 17.7. The van der Waals surface area contributed by atoms with Gasteiger partial charge in [-0.25, -0.2) is 0 Å². The Labute approximate surface area is 163 Å². The highest BCUT2D eigenvalue weighted by Gasteiger charge is 2.25. The summed E-state index contributed by atoms with van der Waals surface area (Å²) in [6.07, 6.45) is 0. The minimum atomic E-state index is 0.0548. The predicted molar refractivity (Wildman–Crippen MR) is 109 cm³/mol. The molecule has 2 heterocycles. The van der Waals surface area contributed by atoms with Crippen molar-refractivity contribution in [3.63, 3.8) is 0 Å². The van der Waals surface area contributed by atoms with Crippen LogP contribution < -0.4 is 9.64 Å². The van der Waals surface area contributed by atoms with Crippen LogP contribution in [0.1, 0.15) is 10.5 Å². The number of hydrogen-bond acceptors (Lipinski definition) is 3. The first-order chi connectivity index (χ1) is 13.1. The van der Waals surface area contributed by atoms with Gasteiger partial charge in [0.2, 0.25) is 0 Å². The fourth-order valence-corrected chi connectivity index (χ4v) is 3.88.